The average molecular weight is 376 g/mol. The first-order chi connectivity index (χ1) is 10.1. The fourth-order valence-electron chi connectivity index (χ4n) is 2.49. The van der Waals surface area contributed by atoms with Crippen LogP contribution in [0.15, 0.2) is 16.6 Å². The van der Waals surface area contributed by atoms with Crippen LogP contribution in [0.1, 0.15) is 26.2 Å². The van der Waals surface area contributed by atoms with Crippen LogP contribution in [0.2, 0.25) is 5.02 Å². The first-order valence-corrected chi connectivity index (χ1v) is 8.39. The molecule has 0 saturated carbocycles. The molecule has 1 aliphatic rings. The van der Waals surface area contributed by atoms with Crippen molar-refractivity contribution in [3.05, 3.63) is 21.6 Å². The van der Waals surface area contributed by atoms with Crippen molar-refractivity contribution in [1.82, 2.24) is 5.32 Å². The van der Waals surface area contributed by atoms with E-state index in [0.717, 1.165) is 30.4 Å². The number of carbonyl (C=O) groups is 1. The summed E-state index contributed by atoms with van der Waals surface area (Å²) in [4.78, 5) is 12.2. The lowest BCUT2D eigenvalue weighted by Gasteiger charge is -2.22. The van der Waals surface area contributed by atoms with E-state index in [4.69, 9.17) is 16.3 Å². The molecule has 0 spiro atoms. The maximum absolute atomic E-state index is 12.2. The maximum Gasteiger partial charge on any atom is 0.224 e. The monoisotopic (exact) mass is 374 g/mol. The molecule has 2 N–H and O–H groups in total. The van der Waals surface area contributed by atoms with Crippen LogP contribution in [0.3, 0.4) is 0 Å². The van der Waals surface area contributed by atoms with Gasteiger partial charge in [0, 0.05) is 11.4 Å². The van der Waals surface area contributed by atoms with Crippen molar-refractivity contribution >= 4 is 39.1 Å². The van der Waals surface area contributed by atoms with Crippen LogP contribution in [0, 0.1) is 5.92 Å². The van der Waals surface area contributed by atoms with Gasteiger partial charge in [-0.1, -0.05) is 11.6 Å². The number of hydrogen-bond donors (Lipinski definition) is 2. The van der Waals surface area contributed by atoms with E-state index in [0.29, 0.717) is 35.4 Å². The number of piperidine rings is 1. The second-order valence-corrected chi connectivity index (χ2v) is 6.43. The highest BCUT2D eigenvalue weighted by atomic mass is 79.9. The Morgan fingerprint density at radius 1 is 1.48 bits per heavy atom. The van der Waals surface area contributed by atoms with Crippen molar-refractivity contribution in [2.45, 2.75) is 26.2 Å². The highest BCUT2D eigenvalue weighted by Gasteiger charge is 2.18. The van der Waals surface area contributed by atoms with E-state index < -0.39 is 0 Å². The molecular weight excluding hydrogens is 356 g/mol. The minimum Gasteiger partial charge on any atom is -0.491 e. The van der Waals surface area contributed by atoms with Gasteiger partial charge in [-0.15, -0.1) is 0 Å². The van der Waals surface area contributed by atoms with E-state index in [2.05, 4.69) is 26.6 Å². The van der Waals surface area contributed by atoms with E-state index in [1.54, 1.807) is 12.1 Å². The van der Waals surface area contributed by atoms with Gasteiger partial charge in [-0.25, -0.2) is 0 Å². The van der Waals surface area contributed by atoms with Gasteiger partial charge in [-0.2, -0.15) is 0 Å². The summed E-state index contributed by atoms with van der Waals surface area (Å²) in [6.45, 7) is 4.41. The van der Waals surface area contributed by atoms with Crippen LogP contribution < -0.4 is 15.4 Å². The number of rotatable bonds is 5. The lowest BCUT2D eigenvalue weighted by Crippen LogP contribution is -2.30. The molecule has 1 amide bonds. The van der Waals surface area contributed by atoms with Gasteiger partial charge in [0.25, 0.3) is 0 Å². The fraction of sp³-hybridized carbons (Fsp3) is 0.533. The molecule has 1 aromatic carbocycles. The van der Waals surface area contributed by atoms with E-state index >= 15 is 0 Å². The predicted octanol–water partition coefficient (Wildman–Crippen LogP) is 3.83. The standard InChI is InChI=1S/C15H20BrClN2O2/c1-2-21-15-12(16)8-11(17)9-13(15)19-14(20)7-10-3-5-18-6-4-10/h8-10,18H,2-7H2,1H3,(H,19,20). The maximum atomic E-state index is 12.2. The number of benzene rings is 1. The molecule has 0 unspecified atom stereocenters. The summed E-state index contributed by atoms with van der Waals surface area (Å²) in [6, 6.07) is 3.48. The molecule has 0 aromatic heterocycles. The van der Waals surface area contributed by atoms with Crippen molar-refractivity contribution in [3.8, 4) is 5.75 Å². The average Bonchev–Trinajstić information content (AvgIpc) is 2.43. The van der Waals surface area contributed by atoms with Gasteiger partial charge >= 0.3 is 0 Å². The molecule has 0 bridgehead atoms. The minimum atomic E-state index is 0.0111. The van der Waals surface area contributed by atoms with Crippen molar-refractivity contribution in [1.29, 1.82) is 0 Å². The van der Waals surface area contributed by atoms with Gasteiger partial charge < -0.3 is 15.4 Å². The minimum absolute atomic E-state index is 0.0111. The first kappa shape index (κ1) is 16.6. The van der Waals surface area contributed by atoms with Gasteiger partial charge in [-0.05, 0) is 66.8 Å². The molecule has 1 aromatic rings. The van der Waals surface area contributed by atoms with Crippen LogP contribution in [0.4, 0.5) is 5.69 Å². The molecule has 1 heterocycles. The Hall–Kier alpha value is -0.780. The number of carbonyl (C=O) groups excluding carboxylic acids is 1. The van der Waals surface area contributed by atoms with E-state index in [-0.39, 0.29) is 5.91 Å². The second-order valence-electron chi connectivity index (χ2n) is 5.14. The molecule has 2 rings (SSSR count). The van der Waals surface area contributed by atoms with Crippen LogP contribution in [-0.2, 0) is 4.79 Å². The Morgan fingerprint density at radius 3 is 2.86 bits per heavy atom. The van der Waals surface area contributed by atoms with Gasteiger partial charge in [0.15, 0.2) is 5.75 Å². The quantitative estimate of drug-likeness (QED) is 0.822. The molecule has 1 aliphatic heterocycles. The van der Waals surface area contributed by atoms with E-state index in [1.807, 2.05) is 6.92 Å². The van der Waals surface area contributed by atoms with E-state index in [9.17, 15) is 4.79 Å². The van der Waals surface area contributed by atoms with Crippen molar-refractivity contribution in [2.75, 3.05) is 25.0 Å². The van der Waals surface area contributed by atoms with Gasteiger partial charge in [-0.3, -0.25) is 4.79 Å². The molecule has 0 atom stereocenters. The van der Waals surface area contributed by atoms with Crippen molar-refractivity contribution in [3.63, 3.8) is 0 Å². The highest BCUT2D eigenvalue weighted by Crippen LogP contribution is 2.36. The van der Waals surface area contributed by atoms with Crippen LogP contribution >= 0.6 is 27.5 Å². The third kappa shape index (κ3) is 4.87. The van der Waals surface area contributed by atoms with Gasteiger partial charge in [0.1, 0.15) is 0 Å². The van der Waals surface area contributed by atoms with Gasteiger partial charge in [0.05, 0.1) is 16.8 Å². The summed E-state index contributed by atoms with van der Waals surface area (Å²) in [6.07, 6.45) is 2.63. The SMILES string of the molecule is CCOc1c(Br)cc(Cl)cc1NC(=O)CC1CCNCC1. The zero-order valence-corrected chi connectivity index (χ0v) is 14.4. The summed E-state index contributed by atoms with van der Waals surface area (Å²) >= 11 is 9.47. The number of hydrogen-bond acceptors (Lipinski definition) is 3. The normalized spacial score (nSPS) is 15.8. The summed E-state index contributed by atoms with van der Waals surface area (Å²) in [5, 5.41) is 6.79. The molecule has 116 valence electrons. The van der Waals surface area contributed by atoms with Crippen LogP contribution in [-0.4, -0.2) is 25.6 Å². The highest BCUT2D eigenvalue weighted by molar-refractivity contribution is 9.10. The van der Waals surface area contributed by atoms with Crippen molar-refractivity contribution < 1.29 is 9.53 Å². The zero-order valence-electron chi connectivity index (χ0n) is 12.0. The number of amides is 1. The van der Waals surface area contributed by atoms with Crippen LogP contribution in [0.25, 0.3) is 0 Å². The molecule has 0 aliphatic carbocycles. The Kier molecular flexibility index (Phi) is 6.33. The summed E-state index contributed by atoms with van der Waals surface area (Å²) in [5.41, 5.74) is 0.621. The largest absolute Gasteiger partial charge is 0.491 e. The summed E-state index contributed by atoms with van der Waals surface area (Å²) in [5.74, 6) is 1.09. The third-order valence-electron chi connectivity index (χ3n) is 3.50. The smallest absolute Gasteiger partial charge is 0.224 e. The predicted molar refractivity (Wildman–Crippen MR) is 89.2 cm³/mol. The third-order valence-corrected chi connectivity index (χ3v) is 4.31. The molecule has 0 radical (unpaired) electrons. The molecule has 6 heteroatoms. The summed E-state index contributed by atoms with van der Waals surface area (Å²) in [7, 11) is 0. The number of halogens is 2. The summed E-state index contributed by atoms with van der Waals surface area (Å²) < 4.78 is 6.33. The molecule has 1 saturated heterocycles. The molecule has 1 fully saturated rings. The topological polar surface area (TPSA) is 50.4 Å². The Morgan fingerprint density at radius 2 is 2.19 bits per heavy atom. The lowest BCUT2D eigenvalue weighted by molar-refractivity contribution is -0.117. The zero-order chi connectivity index (χ0) is 15.2. The number of anilines is 1. The fourth-order valence-corrected chi connectivity index (χ4v) is 3.42. The Labute approximate surface area is 138 Å². The first-order valence-electron chi connectivity index (χ1n) is 7.22. The molecule has 4 nitrogen and oxygen atoms in total. The van der Waals surface area contributed by atoms with Crippen LogP contribution in [0.5, 0.6) is 5.75 Å². The molecule has 21 heavy (non-hydrogen) atoms. The second kappa shape index (κ2) is 8.01. The Bertz CT molecular complexity index is 505. The van der Waals surface area contributed by atoms with E-state index in [1.165, 1.54) is 0 Å². The molecular formula is C15H20BrClN2O2. The van der Waals surface area contributed by atoms with Gasteiger partial charge in [0.2, 0.25) is 5.91 Å². The lowest BCUT2D eigenvalue weighted by atomic mass is 9.94. The number of nitrogens with one attached hydrogen (secondary N) is 2. The Balaban J connectivity index is 2.05. The van der Waals surface area contributed by atoms with Crippen molar-refractivity contribution in [2.24, 2.45) is 5.92 Å². The number of ether oxygens (including phenoxy) is 1.